The molecule has 9 heavy (non-hydrogen) atoms. The van der Waals surface area contributed by atoms with Crippen molar-refractivity contribution in [3.63, 3.8) is 0 Å². The van der Waals surface area contributed by atoms with E-state index in [1.165, 1.54) is 6.20 Å². The molecule has 0 unspecified atom stereocenters. The van der Waals surface area contributed by atoms with Crippen molar-refractivity contribution in [2.75, 3.05) is 0 Å². The first kappa shape index (κ1) is 8.12. The third-order valence-corrected chi connectivity index (χ3v) is 0.738. The highest BCUT2D eigenvalue weighted by molar-refractivity contribution is 9.11. The average molecular weight is 185 g/mol. The van der Waals surface area contributed by atoms with E-state index in [2.05, 4.69) is 27.5 Å². The molecule has 0 amide bonds. The molecule has 0 heterocycles. The zero-order valence-electron chi connectivity index (χ0n) is 4.71. The van der Waals surface area contributed by atoms with Gasteiger partial charge in [0.2, 0.25) is 0 Å². The molecule has 0 aliphatic carbocycles. The second kappa shape index (κ2) is 5.26. The summed E-state index contributed by atoms with van der Waals surface area (Å²) in [6.07, 6.45) is 4.28. The van der Waals surface area contributed by atoms with Crippen LogP contribution in [-0.2, 0) is 0 Å². The lowest BCUT2D eigenvalue weighted by Gasteiger charge is -1.75. The smallest absolute Gasteiger partial charge is 0.111 e. The summed E-state index contributed by atoms with van der Waals surface area (Å²) in [6, 6.07) is 1.75. The number of hydrogen-bond acceptors (Lipinski definition) is 2. The topological polar surface area (TPSA) is 36.1 Å². The maximum atomic E-state index is 7.96. The number of hydrogen-bond donors (Lipinski definition) is 0. The van der Waals surface area contributed by atoms with Gasteiger partial charge in [0.1, 0.15) is 12.3 Å². The predicted molar refractivity (Wildman–Crippen MR) is 41.3 cm³/mol. The number of rotatable bonds is 2. The molecular weight excluding hydrogens is 180 g/mol. The van der Waals surface area contributed by atoms with Crippen LogP contribution in [0.3, 0.4) is 0 Å². The lowest BCUT2D eigenvalue weighted by atomic mass is 10.6. The minimum atomic E-state index is 0.734. The fraction of sp³-hybridized carbons (Fsp3) is 0. The van der Waals surface area contributed by atoms with Gasteiger partial charge in [0.15, 0.2) is 0 Å². The quantitative estimate of drug-likeness (QED) is 0.478. The van der Waals surface area contributed by atoms with Gasteiger partial charge in [-0.05, 0) is 6.08 Å². The van der Waals surface area contributed by atoms with Gasteiger partial charge in [0.25, 0.3) is 0 Å². The number of aliphatic imine (C=N–C) groups is 1. The molecule has 0 rings (SSSR count). The van der Waals surface area contributed by atoms with Gasteiger partial charge >= 0.3 is 0 Å². The van der Waals surface area contributed by atoms with Gasteiger partial charge < -0.3 is 0 Å². The van der Waals surface area contributed by atoms with Crippen molar-refractivity contribution in [2.24, 2.45) is 4.99 Å². The Bertz CT molecular complexity index is 186. The summed E-state index contributed by atoms with van der Waals surface area (Å²) in [5.41, 5.74) is 0. The summed E-state index contributed by atoms with van der Waals surface area (Å²) < 4.78 is 0.734. The second-order valence-electron chi connectivity index (χ2n) is 1.17. The maximum absolute atomic E-state index is 7.96. The molecule has 0 radical (unpaired) electrons. The van der Waals surface area contributed by atoms with E-state index in [1.54, 1.807) is 12.1 Å². The van der Waals surface area contributed by atoms with Crippen LogP contribution in [0, 0.1) is 11.3 Å². The fourth-order valence-electron chi connectivity index (χ4n) is 0.200. The van der Waals surface area contributed by atoms with E-state index in [1.807, 2.05) is 0 Å². The van der Waals surface area contributed by atoms with Crippen LogP contribution < -0.4 is 0 Å². The highest BCUT2D eigenvalue weighted by Gasteiger charge is 1.70. The Morgan fingerprint density at radius 3 is 2.89 bits per heavy atom. The molecule has 0 atom stereocenters. The molecule has 3 heteroatoms. The molecule has 0 saturated heterocycles. The van der Waals surface area contributed by atoms with E-state index in [4.69, 9.17) is 5.26 Å². The predicted octanol–water partition coefficient (Wildman–Crippen LogP) is 2.00. The van der Waals surface area contributed by atoms with Crippen molar-refractivity contribution in [1.82, 2.24) is 0 Å². The monoisotopic (exact) mass is 184 g/mol. The Morgan fingerprint density at radius 2 is 2.44 bits per heavy atom. The van der Waals surface area contributed by atoms with Gasteiger partial charge in [-0.2, -0.15) is 5.26 Å². The summed E-state index contributed by atoms with van der Waals surface area (Å²) in [7, 11) is 0. The van der Waals surface area contributed by atoms with Crippen molar-refractivity contribution in [1.29, 1.82) is 5.26 Å². The Balaban J connectivity index is 3.63. The van der Waals surface area contributed by atoms with Crippen molar-refractivity contribution in [3.05, 3.63) is 23.3 Å². The molecule has 0 aromatic heterocycles. The highest BCUT2D eigenvalue weighted by atomic mass is 79.9. The Hall–Kier alpha value is -0.880. The first-order chi connectivity index (χ1) is 4.27. The van der Waals surface area contributed by atoms with Crippen LogP contribution in [-0.4, -0.2) is 6.21 Å². The highest BCUT2D eigenvalue weighted by Crippen LogP contribution is 2.00. The number of allylic oxidation sites excluding steroid dienone is 2. The van der Waals surface area contributed by atoms with Crippen LogP contribution in [0.1, 0.15) is 0 Å². The summed E-state index contributed by atoms with van der Waals surface area (Å²) in [5.74, 6) is 0. The molecule has 2 nitrogen and oxygen atoms in total. The molecule has 0 aromatic rings. The first-order valence-corrected chi connectivity index (χ1v) is 2.99. The van der Waals surface area contributed by atoms with Gasteiger partial charge in [0.05, 0.1) is 0 Å². The SMILES string of the molecule is C=C(Br)/C=C\N=CC#N. The summed E-state index contributed by atoms with van der Waals surface area (Å²) >= 11 is 3.09. The van der Waals surface area contributed by atoms with E-state index >= 15 is 0 Å². The minimum Gasteiger partial charge on any atom is -0.253 e. The van der Waals surface area contributed by atoms with Gasteiger partial charge in [-0.1, -0.05) is 22.5 Å². The molecule has 0 aliphatic rings. The molecule has 0 bridgehead atoms. The third-order valence-electron chi connectivity index (χ3n) is 0.474. The molecular formula is C6H5BrN2. The standard InChI is InChI=1S/C6H5BrN2/c1-6(7)2-4-9-5-3-8/h2,4-5H,1H2/b4-2-,9-5?. The molecule has 0 aliphatic heterocycles. The minimum absolute atomic E-state index is 0.734. The fourth-order valence-corrected chi connectivity index (χ4v) is 0.318. The largest absolute Gasteiger partial charge is 0.253 e. The van der Waals surface area contributed by atoms with Gasteiger partial charge in [0, 0.05) is 10.7 Å². The average Bonchev–Trinajstić information content (AvgIpc) is 1.80. The third kappa shape index (κ3) is 7.12. The van der Waals surface area contributed by atoms with E-state index in [0.29, 0.717) is 0 Å². The van der Waals surface area contributed by atoms with Crippen LogP contribution in [0.4, 0.5) is 0 Å². The molecule has 0 N–H and O–H groups in total. The van der Waals surface area contributed by atoms with E-state index < -0.39 is 0 Å². The Kier molecular flexibility index (Phi) is 4.75. The van der Waals surface area contributed by atoms with Gasteiger partial charge in [-0.15, -0.1) is 0 Å². The second-order valence-corrected chi connectivity index (χ2v) is 2.19. The summed E-state index contributed by atoms with van der Waals surface area (Å²) in [4.78, 5) is 3.57. The van der Waals surface area contributed by atoms with Crippen molar-refractivity contribution in [3.8, 4) is 6.07 Å². The number of halogens is 1. The molecule has 46 valence electrons. The van der Waals surface area contributed by atoms with Crippen molar-refractivity contribution in [2.45, 2.75) is 0 Å². The van der Waals surface area contributed by atoms with Crippen LogP contribution in [0.5, 0.6) is 0 Å². The zero-order valence-corrected chi connectivity index (χ0v) is 6.30. The zero-order chi connectivity index (χ0) is 7.11. The lowest BCUT2D eigenvalue weighted by molar-refractivity contribution is 1.53. The Morgan fingerprint density at radius 1 is 1.78 bits per heavy atom. The van der Waals surface area contributed by atoms with Crippen LogP contribution in [0.15, 0.2) is 28.3 Å². The molecule has 0 aromatic carbocycles. The van der Waals surface area contributed by atoms with Crippen molar-refractivity contribution < 1.29 is 0 Å². The van der Waals surface area contributed by atoms with Crippen LogP contribution in [0.2, 0.25) is 0 Å². The normalized spacial score (nSPS) is 10.2. The van der Waals surface area contributed by atoms with Gasteiger partial charge in [-0.3, -0.25) is 4.99 Å². The lowest BCUT2D eigenvalue weighted by Crippen LogP contribution is -1.58. The Labute approximate surface area is 62.3 Å². The van der Waals surface area contributed by atoms with Crippen LogP contribution in [0.25, 0.3) is 0 Å². The van der Waals surface area contributed by atoms with Gasteiger partial charge in [-0.25, -0.2) is 0 Å². The molecule has 0 spiro atoms. The van der Waals surface area contributed by atoms with Crippen LogP contribution >= 0.6 is 15.9 Å². The summed E-state index contributed by atoms with van der Waals surface area (Å²) in [6.45, 7) is 3.53. The summed E-state index contributed by atoms with van der Waals surface area (Å²) in [5, 5.41) is 7.96. The van der Waals surface area contributed by atoms with Crippen molar-refractivity contribution >= 4 is 22.1 Å². The molecule has 0 fully saturated rings. The first-order valence-electron chi connectivity index (χ1n) is 2.19. The van der Waals surface area contributed by atoms with E-state index in [-0.39, 0.29) is 0 Å². The van der Waals surface area contributed by atoms with E-state index in [0.717, 1.165) is 10.7 Å². The van der Waals surface area contributed by atoms with E-state index in [9.17, 15) is 0 Å². The maximum Gasteiger partial charge on any atom is 0.111 e. The number of nitriles is 1. The number of nitrogens with zero attached hydrogens (tertiary/aromatic N) is 2. The molecule has 0 saturated carbocycles.